The SMILES string of the molecule is C[Si]1(C)c2ccccc2-c2c1cc(-c1nc(-c3ccc(-c4ccc5ccccc5c4)cc3)nc(-c3ccccc3-c3ccccc3)n1)c1c2oc2ccccc21. The maximum atomic E-state index is 6.85. The van der Waals surface area contributed by atoms with Crippen LogP contribution in [0.1, 0.15) is 0 Å². The summed E-state index contributed by atoms with van der Waals surface area (Å²) < 4.78 is 6.85. The average molecular weight is 734 g/mol. The highest BCUT2D eigenvalue weighted by molar-refractivity contribution is 7.04. The molecule has 0 amide bonds. The molecule has 1 aliphatic rings. The topological polar surface area (TPSA) is 51.8 Å². The van der Waals surface area contributed by atoms with Gasteiger partial charge in [-0.2, -0.15) is 0 Å². The van der Waals surface area contributed by atoms with Crippen molar-refractivity contribution in [1.82, 2.24) is 15.0 Å². The van der Waals surface area contributed by atoms with Crippen molar-refractivity contribution >= 4 is 51.2 Å². The first-order valence-electron chi connectivity index (χ1n) is 19.1. The summed E-state index contributed by atoms with van der Waals surface area (Å²) in [6.45, 7) is 4.88. The summed E-state index contributed by atoms with van der Waals surface area (Å²) in [6, 6.07) is 62.2. The Bertz CT molecular complexity index is 3170. The zero-order chi connectivity index (χ0) is 37.4. The summed E-state index contributed by atoms with van der Waals surface area (Å²) in [5.41, 5.74) is 11.6. The minimum Gasteiger partial charge on any atom is -0.455 e. The average Bonchev–Trinajstić information content (AvgIpc) is 3.76. The fourth-order valence-corrected chi connectivity index (χ4v) is 11.8. The molecule has 4 nitrogen and oxygen atoms in total. The van der Waals surface area contributed by atoms with Gasteiger partial charge >= 0.3 is 0 Å². The lowest BCUT2D eigenvalue weighted by Gasteiger charge is -2.19. The first-order valence-corrected chi connectivity index (χ1v) is 22.1. The van der Waals surface area contributed by atoms with E-state index in [1.165, 1.54) is 37.8 Å². The molecule has 2 aromatic heterocycles. The molecule has 0 fully saturated rings. The third-order valence-electron chi connectivity index (χ3n) is 11.5. The summed E-state index contributed by atoms with van der Waals surface area (Å²) in [5, 5.41) is 7.31. The van der Waals surface area contributed by atoms with Crippen LogP contribution in [-0.2, 0) is 0 Å². The van der Waals surface area contributed by atoms with Gasteiger partial charge in [-0.3, -0.25) is 0 Å². The van der Waals surface area contributed by atoms with Crippen molar-refractivity contribution in [2.45, 2.75) is 13.1 Å². The second kappa shape index (κ2) is 12.6. The molecular weight excluding hydrogens is 699 g/mol. The van der Waals surface area contributed by atoms with E-state index in [1.54, 1.807) is 0 Å². The highest BCUT2D eigenvalue weighted by atomic mass is 28.3. The molecule has 0 atom stereocenters. The Balaban J connectivity index is 1.16. The third-order valence-corrected chi connectivity index (χ3v) is 15.1. The van der Waals surface area contributed by atoms with Crippen molar-refractivity contribution in [3.05, 3.63) is 176 Å². The Labute approximate surface area is 325 Å². The zero-order valence-corrected chi connectivity index (χ0v) is 32.0. The number of rotatable bonds is 5. The molecule has 0 bridgehead atoms. The molecule has 56 heavy (non-hydrogen) atoms. The lowest BCUT2D eigenvalue weighted by atomic mass is 9.97. The van der Waals surface area contributed by atoms with E-state index in [1.807, 2.05) is 12.1 Å². The van der Waals surface area contributed by atoms with Crippen LogP contribution in [0.2, 0.25) is 13.1 Å². The van der Waals surface area contributed by atoms with Crippen LogP contribution in [0.5, 0.6) is 0 Å². The number of benzene rings is 8. The molecule has 0 unspecified atom stereocenters. The predicted molar refractivity (Wildman–Crippen MR) is 234 cm³/mol. The Hall–Kier alpha value is -6.95. The van der Waals surface area contributed by atoms with E-state index >= 15 is 0 Å². The van der Waals surface area contributed by atoms with Crippen LogP contribution in [0.3, 0.4) is 0 Å². The van der Waals surface area contributed by atoms with E-state index in [9.17, 15) is 0 Å². The summed E-state index contributed by atoms with van der Waals surface area (Å²) in [5.74, 6) is 1.88. The molecule has 3 heterocycles. The Kier molecular flexibility index (Phi) is 7.28. The van der Waals surface area contributed by atoms with Crippen LogP contribution in [0.25, 0.3) is 100 Å². The number of para-hydroxylation sites is 1. The van der Waals surface area contributed by atoms with Crippen molar-refractivity contribution in [3.8, 4) is 67.5 Å². The van der Waals surface area contributed by atoms with E-state index in [0.29, 0.717) is 17.5 Å². The minimum absolute atomic E-state index is 0.624. The highest BCUT2D eigenvalue weighted by Crippen LogP contribution is 2.44. The predicted octanol–water partition coefficient (Wildman–Crippen LogP) is 12.1. The van der Waals surface area contributed by atoms with Gasteiger partial charge < -0.3 is 4.42 Å². The largest absolute Gasteiger partial charge is 0.455 e. The van der Waals surface area contributed by atoms with Crippen LogP contribution in [-0.4, -0.2) is 23.0 Å². The second-order valence-electron chi connectivity index (χ2n) is 15.2. The number of furan rings is 1. The Morgan fingerprint density at radius 3 is 1.84 bits per heavy atom. The molecule has 0 saturated heterocycles. The number of fused-ring (bicyclic) bond motifs is 8. The normalized spacial score (nSPS) is 13.0. The van der Waals surface area contributed by atoms with Gasteiger partial charge in [0.25, 0.3) is 0 Å². The molecule has 0 saturated carbocycles. The van der Waals surface area contributed by atoms with Gasteiger partial charge in [0.2, 0.25) is 0 Å². The lowest BCUT2D eigenvalue weighted by Crippen LogP contribution is -2.49. The van der Waals surface area contributed by atoms with Crippen LogP contribution < -0.4 is 10.4 Å². The number of hydrogen-bond donors (Lipinski definition) is 0. The van der Waals surface area contributed by atoms with E-state index in [0.717, 1.165) is 55.3 Å². The Morgan fingerprint density at radius 2 is 1.02 bits per heavy atom. The Morgan fingerprint density at radius 1 is 0.411 bits per heavy atom. The first-order chi connectivity index (χ1) is 27.5. The maximum absolute atomic E-state index is 6.85. The summed E-state index contributed by atoms with van der Waals surface area (Å²) in [4.78, 5) is 16.0. The van der Waals surface area contributed by atoms with Gasteiger partial charge in [0.05, 0.1) is 0 Å². The fraction of sp³-hybridized carbons (Fsp3) is 0.0392. The first kappa shape index (κ1) is 32.5. The molecule has 264 valence electrons. The van der Waals surface area contributed by atoms with Crippen LogP contribution in [0, 0.1) is 0 Å². The molecule has 1 aliphatic heterocycles. The minimum atomic E-state index is -2.11. The molecule has 5 heteroatoms. The van der Waals surface area contributed by atoms with Gasteiger partial charge in [0, 0.05) is 33.0 Å². The van der Waals surface area contributed by atoms with Gasteiger partial charge in [-0.05, 0) is 67.2 Å². The summed E-state index contributed by atoms with van der Waals surface area (Å²) >= 11 is 0. The maximum Gasteiger partial charge on any atom is 0.164 e. The van der Waals surface area contributed by atoms with Gasteiger partial charge in [-0.25, -0.2) is 15.0 Å². The lowest BCUT2D eigenvalue weighted by molar-refractivity contribution is 0.670. The van der Waals surface area contributed by atoms with Gasteiger partial charge in [-0.1, -0.05) is 171 Å². The van der Waals surface area contributed by atoms with E-state index in [2.05, 4.69) is 177 Å². The van der Waals surface area contributed by atoms with Crippen LogP contribution >= 0.6 is 0 Å². The van der Waals surface area contributed by atoms with Gasteiger partial charge in [-0.15, -0.1) is 0 Å². The summed E-state index contributed by atoms with van der Waals surface area (Å²) in [7, 11) is -2.11. The van der Waals surface area contributed by atoms with E-state index < -0.39 is 8.07 Å². The van der Waals surface area contributed by atoms with Crippen molar-refractivity contribution in [2.24, 2.45) is 0 Å². The smallest absolute Gasteiger partial charge is 0.164 e. The van der Waals surface area contributed by atoms with E-state index in [4.69, 9.17) is 19.4 Å². The third kappa shape index (κ3) is 5.09. The molecule has 11 rings (SSSR count). The van der Waals surface area contributed by atoms with Crippen LogP contribution in [0.15, 0.2) is 180 Å². The highest BCUT2D eigenvalue weighted by Gasteiger charge is 2.40. The molecule has 10 aromatic rings. The van der Waals surface area contributed by atoms with Crippen molar-refractivity contribution < 1.29 is 4.42 Å². The van der Waals surface area contributed by atoms with Gasteiger partial charge in [0.1, 0.15) is 19.2 Å². The van der Waals surface area contributed by atoms with Crippen LogP contribution in [0.4, 0.5) is 0 Å². The second-order valence-corrected chi connectivity index (χ2v) is 19.5. The van der Waals surface area contributed by atoms with E-state index in [-0.39, 0.29) is 0 Å². The monoisotopic (exact) mass is 733 g/mol. The molecule has 0 N–H and O–H groups in total. The molecule has 0 radical (unpaired) electrons. The zero-order valence-electron chi connectivity index (χ0n) is 31.0. The van der Waals surface area contributed by atoms with Crippen molar-refractivity contribution in [3.63, 3.8) is 0 Å². The quantitative estimate of drug-likeness (QED) is 0.165. The van der Waals surface area contributed by atoms with Crippen molar-refractivity contribution in [2.75, 3.05) is 0 Å². The fourth-order valence-electron chi connectivity index (χ4n) is 8.70. The molecule has 0 aliphatic carbocycles. The number of aromatic nitrogens is 3. The number of hydrogen-bond acceptors (Lipinski definition) is 4. The van der Waals surface area contributed by atoms with Gasteiger partial charge in [0.15, 0.2) is 17.5 Å². The molecule has 8 aromatic carbocycles. The van der Waals surface area contributed by atoms with Crippen molar-refractivity contribution in [1.29, 1.82) is 0 Å². The summed E-state index contributed by atoms with van der Waals surface area (Å²) in [6.07, 6.45) is 0. The standard InChI is InChI=1S/C51H35N3OSi/c1-56(2)44-23-13-11-21-41(44)47-45(56)31-42(46-40-20-10-12-22-43(40)55-48(46)47)51-53-49(52-50(54-51)39-19-9-8-18-38(39)34-15-4-3-5-16-34)35-27-24-33(25-28-35)37-29-26-32-14-6-7-17-36(32)30-37/h3-31H,1-2H3. The molecule has 0 spiro atoms. The molecular formula is C51H35N3OSi. The number of nitrogens with zero attached hydrogens (tertiary/aromatic N) is 3.